The first-order valence-corrected chi connectivity index (χ1v) is 13.4. The molecule has 0 bridgehead atoms. The van der Waals surface area contributed by atoms with Crippen LogP contribution < -0.4 is 0 Å². The molecule has 0 fully saturated rings. The Morgan fingerprint density at radius 3 is 1.75 bits per heavy atom. The van der Waals surface area contributed by atoms with Crippen LogP contribution in [0.5, 0.6) is 0 Å². The summed E-state index contributed by atoms with van der Waals surface area (Å²) in [7, 11) is -8.62. The van der Waals surface area contributed by atoms with E-state index in [4.69, 9.17) is 4.74 Å². The van der Waals surface area contributed by atoms with Gasteiger partial charge in [0.2, 0.25) is 19.7 Å². The zero-order chi connectivity index (χ0) is 26.6. The van der Waals surface area contributed by atoms with Gasteiger partial charge in [0.1, 0.15) is 0 Å². The molecule has 188 valence electrons. The summed E-state index contributed by atoms with van der Waals surface area (Å²) < 4.78 is 98.9. The molecular weight excluding hydrogens is 513 g/mol. The van der Waals surface area contributed by atoms with Crippen molar-refractivity contribution in [3.05, 3.63) is 107 Å². The SMILES string of the molecule is Cc1ccc(S(=O)(=O)C#CC(O/C=C/S(=O)(=O)c2ccc(C)cc2)(c2ccccc2)C(F)(F)F)cc1. The zero-order valence-electron chi connectivity index (χ0n) is 19.2. The van der Waals surface area contributed by atoms with E-state index in [2.05, 4.69) is 0 Å². The highest BCUT2D eigenvalue weighted by Crippen LogP contribution is 2.42. The monoisotopic (exact) mass is 534 g/mol. The highest BCUT2D eigenvalue weighted by Gasteiger charge is 2.58. The van der Waals surface area contributed by atoms with E-state index in [9.17, 15) is 30.0 Å². The number of benzene rings is 3. The lowest BCUT2D eigenvalue weighted by Crippen LogP contribution is -2.42. The molecule has 10 heteroatoms. The van der Waals surface area contributed by atoms with Crippen molar-refractivity contribution in [2.75, 3.05) is 0 Å². The minimum Gasteiger partial charge on any atom is -0.468 e. The molecule has 1 atom stereocenters. The fourth-order valence-corrected chi connectivity index (χ4v) is 4.83. The van der Waals surface area contributed by atoms with E-state index in [-0.39, 0.29) is 9.79 Å². The first-order chi connectivity index (χ1) is 16.8. The minimum absolute atomic E-state index is 0.154. The number of hydrogen-bond donors (Lipinski definition) is 0. The van der Waals surface area contributed by atoms with Crippen molar-refractivity contribution in [2.24, 2.45) is 0 Å². The highest BCUT2D eigenvalue weighted by molar-refractivity contribution is 7.96. The standard InChI is InChI=1S/C26H21F3O5S2/c1-20-8-12-23(13-9-20)35(30,31)18-16-25(26(27,28)29,22-6-4-3-5-7-22)34-17-19-36(32,33)24-14-10-21(2)11-15-24/h3-15,17,19H,1-2H3/b19-17+. The third-order valence-corrected chi connectivity index (χ3v) is 7.76. The Morgan fingerprint density at radius 1 is 0.750 bits per heavy atom. The molecule has 0 spiro atoms. The van der Waals surface area contributed by atoms with Gasteiger partial charge in [0.25, 0.3) is 5.60 Å². The number of rotatable bonds is 6. The van der Waals surface area contributed by atoms with Gasteiger partial charge < -0.3 is 4.74 Å². The van der Waals surface area contributed by atoms with Crippen molar-refractivity contribution in [1.82, 2.24) is 0 Å². The van der Waals surface area contributed by atoms with Crippen LogP contribution in [0.4, 0.5) is 13.2 Å². The Kier molecular flexibility index (Phi) is 7.67. The quantitative estimate of drug-likeness (QED) is 0.239. The molecular formula is C26H21F3O5S2. The first-order valence-electron chi connectivity index (χ1n) is 10.4. The number of sulfone groups is 2. The van der Waals surface area contributed by atoms with Crippen LogP contribution in [0, 0.1) is 25.0 Å². The fraction of sp³-hybridized carbons (Fsp3) is 0.154. The van der Waals surface area contributed by atoms with Crippen LogP contribution in [-0.2, 0) is 30.0 Å². The zero-order valence-corrected chi connectivity index (χ0v) is 20.8. The third kappa shape index (κ3) is 5.98. The average Bonchev–Trinajstić information content (AvgIpc) is 2.81. The number of hydrogen-bond acceptors (Lipinski definition) is 5. The van der Waals surface area contributed by atoms with Gasteiger partial charge in [0.05, 0.1) is 21.5 Å². The summed E-state index contributed by atoms with van der Waals surface area (Å²) in [6.45, 7) is 3.47. The lowest BCUT2D eigenvalue weighted by Gasteiger charge is -2.30. The summed E-state index contributed by atoms with van der Waals surface area (Å²) in [6, 6.07) is 17.3. The van der Waals surface area contributed by atoms with Gasteiger partial charge in [-0.1, -0.05) is 65.7 Å². The van der Waals surface area contributed by atoms with Gasteiger partial charge in [-0.05, 0) is 44.0 Å². The molecule has 0 aliphatic rings. The Labute approximate surface area is 208 Å². The predicted octanol–water partition coefficient (Wildman–Crippen LogP) is 5.46. The van der Waals surface area contributed by atoms with Crippen LogP contribution in [0.2, 0.25) is 0 Å². The molecule has 0 aliphatic heterocycles. The second-order valence-electron chi connectivity index (χ2n) is 7.84. The van der Waals surface area contributed by atoms with Gasteiger partial charge in [-0.15, -0.1) is 0 Å². The molecule has 1 unspecified atom stereocenters. The maximum atomic E-state index is 14.5. The summed E-state index contributed by atoms with van der Waals surface area (Å²) in [5, 5.41) is 2.19. The number of alkyl halides is 3. The Hall–Kier alpha value is -3.55. The van der Waals surface area contributed by atoms with Crippen LogP contribution in [0.25, 0.3) is 0 Å². The minimum atomic E-state index is -5.25. The van der Waals surface area contributed by atoms with Crippen molar-refractivity contribution in [1.29, 1.82) is 0 Å². The molecule has 0 aromatic heterocycles. The van der Waals surface area contributed by atoms with Crippen LogP contribution in [-0.4, -0.2) is 23.0 Å². The van der Waals surface area contributed by atoms with Crippen LogP contribution in [0.15, 0.2) is 100 Å². The largest absolute Gasteiger partial charge is 0.468 e. The molecule has 0 heterocycles. The van der Waals surface area contributed by atoms with E-state index in [0.29, 0.717) is 11.7 Å². The lowest BCUT2D eigenvalue weighted by atomic mass is 9.94. The van der Waals surface area contributed by atoms with Gasteiger partial charge in [-0.2, -0.15) is 13.2 Å². The van der Waals surface area contributed by atoms with Crippen LogP contribution in [0.3, 0.4) is 0 Å². The van der Waals surface area contributed by atoms with Gasteiger partial charge in [0, 0.05) is 10.8 Å². The van der Waals surface area contributed by atoms with Gasteiger partial charge in [-0.25, -0.2) is 16.8 Å². The normalized spacial score (nSPS) is 14.0. The molecule has 0 amide bonds. The van der Waals surface area contributed by atoms with Crippen LogP contribution >= 0.6 is 0 Å². The van der Waals surface area contributed by atoms with Crippen molar-refractivity contribution in [2.45, 2.75) is 35.4 Å². The summed E-state index contributed by atoms with van der Waals surface area (Å²) >= 11 is 0. The van der Waals surface area contributed by atoms with Gasteiger partial charge >= 0.3 is 6.18 Å². The highest BCUT2D eigenvalue weighted by atomic mass is 32.2. The van der Waals surface area contributed by atoms with Crippen molar-refractivity contribution < 1.29 is 34.7 Å². The summed E-state index contributed by atoms with van der Waals surface area (Å²) in [4.78, 5) is -0.444. The molecule has 5 nitrogen and oxygen atoms in total. The molecule has 0 N–H and O–H groups in total. The van der Waals surface area contributed by atoms with Gasteiger partial charge in [-0.3, -0.25) is 0 Å². The summed E-state index contributed by atoms with van der Waals surface area (Å²) in [6.07, 6.45) is -4.88. The van der Waals surface area contributed by atoms with E-state index in [1.807, 2.05) is 0 Å². The second kappa shape index (κ2) is 10.2. The third-order valence-electron chi connectivity index (χ3n) is 5.10. The topological polar surface area (TPSA) is 77.5 Å². The maximum absolute atomic E-state index is 14.5. The Balaban J connectivity index is 2.11. The molecule has 3 aromatic rings. The second-order valence-corrected chi connectivity index (χ2v) is 11.4. The van der Waals surface area contributed by atoms with E-state index < -0.39 is 37.0 Å². The Morgan fingerprint density at radius 2 is 1.25 bits per heavy atom. The molecule has 0 aliphatic carbocycles. The number of aryl methyl sites for hydroxylation is 2. The summed E-state index contributed by atoms with van der Waals surface area (Å²) in [5.74, 6) is 1.75. The van der Waals surface area contributed by atoms with Crippen molar-refractivity contribution >= 4 is 19.7 Å². The lowest BCUT2D eigenvalue weighted by molar-refractivity contribution is -0.242. The number of ether oxygens (including phenoxy) is 1. The van der Waals surface area contributed by atoms with Crippen molar-refractivity contribution in [3.8, 4) is 11.2 Å². The molecule has 0 saturated carbocycles. The first kappa shape index (κ1) is 27.0. The predicted molar refractivity (Wildman–Crippen MR) is 129 cm³/mol. The van der Waals surface area contributed by atoms with Crippen LogP contribution in [0.1, 0.15) is 16.7 Å². The molecule has 0 saturated heterocycles. The molecule has 3 rings (SSSR count). The van der Waals surface area contributed by atoms with E-state index in [0.717, 1.165) is 23.3 Å². The van der Waals surface area contributed by atoms with Crippen molar-refractivity contribution in [3.63, 3.8) is 0 Å². The fourth-order valence-electron chi connectivity index (χ4n) is 3.07. The number of halogens is 3. The average molecular weight is 535 g/mol. The molecule has 36 heavy (non-hydrogen) atoms. The maximum Gasteiger partial charge on any atom is 0.444 e. The Bertz CT molecular complexity index is 1520. The van der Waals surface area contributed by atoms with E-state index in [1.54, 1.807) is 25.0 Å². The molecule has 0 radical (unpaired) electrons. The molecule has 3 aromatic carbocycles. The smallest absolute Gasteiger partial charge is 0.444 e. The van der Waals surface area contributed by atoms with E-state index in [1.165, 1.54) is 66.7 Å². The van der Waals surface area contributed by atoms with E-state index >= 15 is 0 Å². The van der Waals surface area contributed by atoms with Gasteiger partial charge in [0.15, 0.2) is 0 Å². The summed E-state index contributed by atoms with van der Waals surface area (Å²) in [5.41, 5.74) is -2.45.